The number of methoxy groups -OCH3 is 2. The van der Waals surface area contributed by atoms with Crippen molar-refractivity contribution in [3.63, 3.8) is 0 Å². The SMILES string of the molecule is COc1cccc(OC)c1C(=O)N1CCN(c2cc(C)on2)CC1. The molecule has 0 bridgehead atoms. The Kier molecular flexibility index (Phi) is 4.59. The minimum atomic E-state index is -0.0831. The predicted octanol–water partition coefficient (Wildman–Crippen LogP) is 1.96. The number of amides is 1. The molecule has 0 unspecified atom stereocenters. The zero-order valence-corrected chi connectivity index (χ0v) is 14.1. The minimum Gasteiger partial charge on any atom is -0.496 e. The molecule has 7 heteroatoms. The van der Waals surface area contributed by atoms with Crippen LogP contribution in [0.4, 0.5) is 5.82 Å². The summed E-state index contributed by atoms with van der Waals surface area (Å²) in [4.78, 5) is 16.8. The summed E-state index contributed by atoms with van der Waals surface area (Å²) in [5.74, 6) is 2.56. The molecule has 2 heterocycles. The maximum absolute atomic E-state index is 12.9. The van der Waals surface area contributed by atoms with Gasteiger partial charge in [-0.3, -0.25) is 4.79 Å². The molecule has 7 nitrogen and oxygen atoms in total. The van der Waals surface area contributed by atoms with Crippen molar-refractivity contribution in [2.45, 2.75) is 6.92 Å². The molecular weight excluding hydrogens is 310 g/mol. The van der Waals surface area contributed by atoms with Gasteiger partial charge in [-0.1, -0.05) is 11.2 Å². The standard InChI is InChI=1S/C17H21N3O4/c1-12-11-15(18-24-12)19-7-9-20(10-8-19)17(21)16-13(22-2)5-4-6-14(16)23-3/h4-6,11H,7-10H2,1-3H3. The van der Waals surface area contributed by atoms with E-state index < -0.39 is 0 Å². The van der Waals surface area contributed by atoms with E-state index in [9.17, 15) is 4.79 Å². The summed E-state index contributed by atoms with van der Waals surface area (Å²) in [5.41, 5.74) is 0.466. The van der Waals surface area contributed by atoms with Crippen LogP contribution in [0.15, 0.2) is 28.8 Å². The fourth-order valence-corrected chi connectivity index (χ4v) is 2.86. The molecule has 0 N–H and O–H groups in total. The van der Waals surface area contributed by atoms with Crippen LogP contribution in [0.25, 0.3) is 0 Å². The lowest BCUT2D eigenvalue weighted by Crippen LogP contribution is -2.49. The van der Waals surface area contributed by atoms with Crippen LogP contribution in [0.1, 0.15) is 16.1 Å². The van der Waals surface area contributed by atoms with Crippen LogP contribution in [0, 0.1) is 6.92 Å². The molecule has 0 radical (unpaired) electrons. The molecule has 1 aliphatic rings. The lowest BCUT2D eigenvalue weighted by atomic mass is 10.1. The molecule has 0 aliphatic carbocycles. The number of piperazine rings is 1. The van der Waals surface area contributed by atoms with Crippen LogP contribution in [-0.2, 0) is 0 Å². The number of hydrogen-bond acceptors (Lipinski definition) is 6. The van der Waals surface area contributed by atoms with E-state index in [-0.39, 0.29) is 5.91 Å². The molecule has 24 heavy (non-hydrogen) atoms. The number of hydrogen-bond donors (Lipinski definition) is 0. The molecule has 0 saturated carbocycles. The Balaban J connectivity index is 1.74. The van der Waals surface area contributed by atoms with E-state index in [1.807, 2.05) is 17.9 Å². The van der Waals surface area contributed by atoms with Crippen LogP contribution in [-0.4, -0.2) is 56.4 Å². The van der Waals surface area contributed by atoms with E-state index in [2.05, 4.69) is 10.1 Å². The zero-order valence-electron chi connectivity index (χ0n) is 14.1. The fraction of sp³-hybridized carbons (Fsp3) is 0.412. The minimum absolute atomic E-state index is 0.0831. The average Bonchev–Trinajstić information content (AvgIpc) is 3.06. The number of rotatable bonds is 4. The van der Waals surface area contributed by atoms with Gasteiger partial charge in [0.25, 0.3) is 5.91 Å². The van der Waals surface area contributed by atoms with Crippen molar-refractivity contribution in [3.05, 3.63) is 35.6 Å². The summed E-state index contributed by atoms with van der Waals surface area (Å²) in [6.07, 6.45) is 0. The molecule has 1 aliphatic heterocycles. The highest BCUT2D eigenvalue weighted by atomic mass is 16.5. The Labute approximate surface area is 140 Å². The van der Waals surface area contributed by atoms with Crippen LogP contribution >= 0.6 is 0 Å². The third-order valence-electron chi connectivity index (χ3n) is 4.15. The highest BCUT2D eigenvalue weighted by molar-refractivity contribution is 5.99. The first-order chi connectivity index (χ1) is 11.6. The first-order valence-corrected chi connectivity index (χ1v) is 7.82. The number of aromatic nitrogens is 1. The highest BCUT2D eigenvalue weighted by Gasteiger charge is 2.27. The Morgan fingerprint density at radius 1 is 1.12 bits per heavy atom. The summed E-state index contributed by atoms with van der Waals surface area (Å²) in [6, 6.07) is 7.24. The van der Waals surface area contributed by atoms with Gasteiger partial charge < -0.3 is 23.8 Å². The monoisotopic (exact) mass is 331 g/mol. The highest BCUT2D eigenvalue weighted by Crippen LogP contribution is 2.30. The molecule has 1 aromatic heterocycles. The summed E-state index contributed by atoms with van der Waals surface area (Å²) < 4.78 is 15.8. The molecule has 128 valence electrons. The first kappa shape index (κ1) is 16.2. The van der Waals surface area contributed by atoms with Gasteiger partial charge in [0.05, 0.1) is 14.2 Å². The number of carbonyl (C=O) groups is 1. The predicted molar refractivity (Wildman–Crippen MR) is 88.9 cm³/mol. The number of ether oxygens (including phenoxy) is 2. The third kappa shape index (κ3) is 3.02. The smallest absolute Gasteiger partial charge is 0.261 e. The van der Waals surface area contributed by atoms with Gasteiger partial charge in [0.15, 0.2) is 5.82 Å². The van der Waals surface area contributed by atoms with Crippen LogP contribution < -0.4 is 14.4 Å². The van der Waals surface area contributed by atoms with E-state index in [4.69, 9.17) is 14.0 Å². The van der Waals surface area contributed by atoms with Crippen molar-refractivity contribution in [3.8, 4) is 11.5 Å². The lowest BCUT2D eigenvalue weighted by molar-refractivity contribution is 0.0739. The van der Waals surface area contributed by atoms with Crippen molar-refractivity contribution >= 4 is 11.7 Å². The molecule has 1 fully saturated rings. The summed E-state index contributed by atoms with van der Waals surface area (Å²) in [7, 11) is 3.10. The summed E-state index contributed by atoms with van der Waals surface area (Å²) >= 11 is 0. The molecule has 1 saturated heterocycles. The van der Waals surface area contributed by atoms with Gasteiger partial charge in [-0.05, 0) is 19.1 Å². The third-order valence-corrected chi connectivity index (χ3v) is 4.15. The molecule has 2 aromatic rings. The van der Waals surface area contributed by atoms with Crippen molar-refractivity contribution in [2.75, 3.05) is 45.3 Å². The van der Waals surface area contributed by atoms with Crippen molar-refractivity contribution in [1.82, 2.24) is 10.1 Å². The second-order valence-electron chi connectivity index (χ2n) is 5.61. The van der Waals surface area contributed by atoms with E-state index in [0.29, 0.717) is 43.2 Å². The molecule has 0 spiro atoms. The van der Waals surface area contributed by atoms with Gasteiger partial charge in [-0.2, -0.15) is 0 Å². The maximum Gasteiger partial charge on any atom is 0.261 e. The van der Waals surface area contributed by atoms with Crippen LogP contribution in [0.2, 0.25) is 0 Å². The normalized spacial score (nSPS) is 14.6. The molecule has 0 atom stereocenters. The zero-order chi connectivity index (χ0) is 17.1. The van der Waals surface area contributed by atoms with Gasteiger partial charge in [-0.15, -0.1) is 0 Å². The quantitative estimate of drug-likeness (QED) is 0.853. The maximum atomic E-state index is 12.9. The molecular formula is C17H21N3O4. The number of carbonyl (C=O) groups excluding carboxylic acids is 1. The second kappa shape index (κ2) is 6.82. The summed E-state index contributed by atoms with van der Waals surface area (Å²) in [6.45, 7) is 4.48. The largest absolute Gasteiger partial charge is 0.496 e. The van der Waals surface area contributed by atoms with Gasteiger partial charge in [0.2, 0.25) is 0 Å². The van der Waals surface area contributed by atoms with E-state index >= 15 is 0 Å². The molecule has 1 aromatic carbocycles. The van der Waals surface area contributed by atoms with E-state index in [1.54, 1.807) is 32.4 Å². The number of benzene rings is 1. The average molecular weight is 331 g/mol. The Bertz CT molecular complexity index is 698. The molecule has 3 rings (SSSR count). The van der Waals surface area contributed by atoms with Crippen molar-refractivity contribution in [1.29, 1.82) is 0 Å². The van der Waals surface area contributed by atoms with Crippen LogP contribution in [0.3, 0.4) is 0 Å². The van der Waals surface area contributed by atoms with E-state index in [0.717, 1.165) is 11.6 Å². The van der Waals surface area contributed by atoms with Crippen molar-refractivity contribution in [2.24, 2.45) is 0 Å². The second-order valence-corrected chi connectivity index (χ2v) is 5.61. The first-order valence-electron chi connectivity index (χ1n) is 7.82. The Morgan fingerprint density at radius 2 is 1.75 bits per heavy atom. The number of nitrogens with zero attached hydrogens (tertiary/aromatic N) is 3. The van der Waals surface area contributed by atoms with Gasteiger partial charge in [0, 0.05) is 32.2 Å². The van der Waals surface area contributed by atoms with Crippen LogP contribution in [0.5, 0.6) is 11.5 Å². The topological polar surface area (TPSA) is 68.0 Å². The number of anilines is 1. The van der Waals surface area contributed by atoms with Gasteiger partial charge >= 0.3 is 0 Å². The fourth-order valence-electron chi connectivity index (χ4n) is 2.86. The number of aryl methyl sites for hydroxylation is 1. The van der Waals surface area contributed by atoms with Crippen molar-refractivity contribution < 1.29 is 18.8 Å². The lowest BCUT2D eigenvalue weighted by Gasteiger charge is -2.35. The Morgan fingerprint density at radius 3 is 2.25 bits per heavy atom. The summed E-state index contributed by atoms with van der Waals surface area (Å²) in [5, 5.41) is 4.03. The van der Waals surface area contributed by atoms with Gasteiger partial charge in [-0.25, -0.2) is 0 Å². The van der Waals surface area contributed by atoms with E-state index in [1.165, 1.54) is 0 Å². The Hall–Kier alpha value is -2.70. The molecule has 1 amide bonds. The van der Waals surface area contributed by atoms with Gasteiger partial charge in [0.1, 0.15) is 22.8 Å².